The van der Waals surface area contributed by atoms with Crippen LogP contribution < -0.4 is 0 Å². The number of nitrogens with zero attached hydrogens (tertiary/aromatic N) is 1. The number of hydrogen-bond acceptors (Lipinski definition) is 3. The molecular formula is C23H23NO4. The molecule has 28 heavy (non-hydrogen) atoms. The summed E-state index contributed by atoms with van der Waals surface area (Å²) in [5, 5.41) is 8.99. The highest BCUT2D eigenvalue weighted by Crippen LogP contribution is 2.45. The zero-order valence-corrected chi connectivity index (χ0v) is 15.6. The van der Waals surface area contributed by atoms with Crippen LogP contribution >= 0.6 is 0 Å². The molecule has 0 spiro atoms. The highest BCUT2D eigenvalue weighted by molar-refractivity contribution is 5.79. The minimum atomic E-state index is -0.691. The second kappa shape index (κ2) is 6.66. The number of likely N-dealkylation sites (tertiary alicyclic amines) is 1. The van der Waals surface area contributed by atoms with Crippen molar-refractivity contribution in [3.05, 3.63) is 59.7 Å². The fraction of sp³-hybridized carbons (Fsp3) is 0.391. The lowest BCUT2D eigenvalue weighted by atomic mass is 9.66. The topological polar surface area (TPSA) is 66.8 Å². The van der Waals surface area contributed by atoms with Crippen LogP contribution in [-0.2, 0) is 9.53 Å². The second-order valence-corrected chi connectivity index (χ2v) is 8.24. The van der Waals surface area contributed by atoms with Crippen molar-refractivity contribution in [1.82, 2.24) is 4.90 Å². The van der Waals surface area contributed by atoms with Crippen molar-refractivity contribution in [2.75, 3.05) is 19.7 Å². The van der Waals surface area contributed by atoms with E-state index in [1.807, 2.05) is 24.3 Å². The molecule has 5 rings (SSSR count). The molecule has 1 heterocycles. The van der Waals surface area contributed by atoms with Gasteiger partial charge < -0.3 is 14.7 Å². The molecule has 0 unspecified atom stereocenters. The molecule has 5 heteroatoms. The summed E-state index contributed by atoms with van der Waals surface area (Å²) in [5.74, 6) is 0.0728. The molecule has 0 atom stereocenters. The Hall–Kier alpha value is -2.82. The van der Waals surface area contributed by atoms with E-state index in [4.69, 9.17) is 9.84 Å². The predicted molar refractivity (Wildman–Crippen MR) is 104 cm³/mol. The quantitative estimate of drug-likeness (QED) is 0.875. The van der Waals surface area contributed by atoms with E-state index < -0.39 is 5.97 Å². The van der Waals surface area contributed by atoms with Crippen LogP contribution in [0.1, 0.15) is 29.9 Å². The Balaban J connectivity index is 1.18. The molecule has 2 aromatic rings. The SMILES string of the molecule is O=C(O)C1CC(C2CN(C(=O)OCC3c4ccccc4-c4ccccc43)C2)C1. The van der Waals surface area contributed by atoms with E-state index in [0.717, 1.165) is 12.8 Å². The number of carbonyl (C=O) groups is 2. The van der Waals surface area contributed by atoms with Gasteiger partial charge >= 0.3 is 12.1 Å². The monoisotopic (exact) mass is 377 g/mol. The van der Waals surface area contributed by atoms with Gasteiger partial charge in [-0.3, -0.25) is 4.79 Å². The van der Waals surface area contributed by atoms with E-state index in [9.17, 15) is 9.59 Å². The van der Waals surface area contributed by atoms with Crippen molar-refractivity contribution >= 4 is 12.1 Å². The Bertz CT molecular complexity index is 882. The Labute approximate surface area is 163 Å². The lowest BCUT2D eigenvalue weighted by molar-refractivity contribution is -0.148. The van der Waals surface area contributed by atoms with Gasteiger partial charge in [-0.25, -0.2) is 4.79 Å². The lowest BCUT2D eigenvalue weighted by Gasteiger charge is -2.47. The van der Waals surface area contributed by atoms with E-state index in [1.54, 1.807) is 4.90 Å². The Kier molecular flexibility index (Phi) is 4.11. The number of fused-ring (bicyclic) bond motifs is 3. The second-order valence-electron chi connectivity index (χ2n) is 8.24. The molecule has 2 aliphatic carbocycles. The van der Waals surface area contributed by atoms with Gasteiger partial charge in [0.1, 0.15) is 6.61 Å². The summed E-state index contributed by atoms with van der Waals surface area (Å²) in [6.45, 7) is 1.72. The Morgan fingerprint density at radius 2 is 1.50 bits per heavy atom. The third-order valence-corrected chi connectivity index (χ3v) is 6.69. The zero-order chi connectivity index (χ0) is 19.3. The normalized spacial score (nSPS) is 23.4. The number of benzene rings is 2. The van der Waals surface area contributed by atoms with Gasteiger partial charge in [0.2, 0.25) is 0 Å². The predicted octanol–water partition coefficient (Wildman–Crippen LogP) is 3.98. The molecular weight excluding hydrogens is 354 g/mol. The maximum Gasteiger partial charge on any atom is 0.409 e. The molecule has 0 radical (unpaired) electrons. The molecule has 2 aromatic carbocycles. The summed E-state index contributed by atoms with van der Waals surface area (Å²) in [4.78, 5) is 25.1. The van der Waals surface area contributed by atoms with Crippen molar-refractivity contribution in [3.63, 3.8) is 0 Å². The third-order valence-electron chi connectivity index (χ3n) is 6.69. The molecule has 5 nitrogen and oxygen atoms in total. The summed E-state index contributed by atoms with van der Waals surface area (Å²) in [7, 11) is 0. The van der Waals surface area contributed by atoms with E-state index in [-0.39, 0.29) is 17.9 Å². The standard InChI is InChI=1S/C23H23NO4/c25-22(26)15-9-14(10-15)16-11-24(12-16)23(27)28-13-21-19-7-3-1-5-17(19)18-6-2-4-8-20(18)21/h1-8,14-16,21H,9-13H2,(H,25,26). The van der Waals surface area contributed by atoms with Crippen LogP contribution in [0.4, 0.5) is 4.79 Å². The van der Waals surface area contributed by atoms with Crippen molar-refractivity contribution in [3.8, 4) is 11.1 Å². The maximum atomic E-state index is 12.5. The van der Waals surface area contributed by atoms with Crippen LogP contribution in [0.3, 0.4) is 0 Å². The number of carboxylic acid groups (broad SMARTS) is 1. The molecule has 1 aliphatic heterocycles. The maximum absolute atomic E-state index is 12.5. The van der Waals surface area contributed by atoms with Crippen molar-refractivity contribution in [1.29, 1.82) is 0 Å². The fourth-order valence-corrected chi connectivity index (χ4v) is 4.89. The first kappa shape index (κ1) is 17.3. The summed E-state index contributed by atoms with van der Waals surface area (Å²) in [6.07, 6.45) is 1.24. The van der Waals surface area contributed by atoms with E-state index in [2.05, 4.69) is 24.3 Å². The number of carboxylic acids is 1. The van der Waals surface area contributed by atoms with Crippen LogP contribution in [0.25, 0.3) is 11.1 Å². The van der Waals surface area contributed by atoms with E-state index in [1.165, 1.54) is 22.3 Å². The number of amides is 1. The Morgan fingerprint density at radius 3 is 2.07 bits per heavy atom. The van der Waals surface area contributed by atoms with Gasteiger partial charge in [0.05, 0.1) is 5.92 Å². The van der Waals surface area contributed by atoms with E-state index >= 15 is 0 Å². The average Bonchev–Trinajstić information content (AvgIpc) is 2.94. The number of rotatable bonds is 4. The van der Waals surface area contributed by atoms with Crippen LogP contribution in [0.15, 0.2) is 48.5 Å². The minimum absolute atomic E-state index is 0.0800. The number of hydrogen-bond donors (Lipinski definition) is 1. The highest BCUT2D eigenvalue weighted by Gasteiger charge is 2.45. The first-order valence-corrected chi connectivity index (χ1v) is 9.94. The van der Waals surface area contributed by atoms with Crippen LogP contribution in [0.2, 0.25) is 0 Å². The molecule has 1 N–H and O–H groups in total. The smallest absolute Gasteiger partial charge is 0.409 e. The number of aliphatic carboxylic acids is 1. The summed E-state index contributed by atoms with van der Waals surface area (Å²) in [5.41, 5.74) is 4.88. The first-order chi connectivity index (χ1) is 13.6. The zero-order valence-electron chi connectivity index (χ0n) is 15.6. The van der Waals surface area contributed by atoms with Gasteiger partial charge in [-0.15, -0.1) is 0 Å². The third kappa shape index (κ3) is 2.77. The molecule has 3 aliphatic rings. The van der Waals surface area contributed by atoms with Gasteiger partial charge in [0.25, 0.3) is 0 Å². The first-order valence-electron chi connectivity index (χ1n) is 9.94. The summed E-state index contributed by atoms with van der Waals surface area (Å²) in [6, 6.07) is 16.6. The number of carbonyl (C=O) groups excluding carboxylic acids is 1. The summed E-state index contributed by atoms with van der Waals surface area (Å²) < 4.78 is 5.68. The Morgan fingerprint density at radius 1 is 0.929 bits per heavy atom. The van der Waals surface area contributed by atoms with Crippen molar-refractivity contribution < 1.29 is 19.4 Å². The molecule has 144 valence electrons. The fourth-order valence-electron chi connectivity index (χ4n) is 4.89. The van der Waals surface area contributed by atoms with Gasteiger partial charge in [0, 0.05) is 19.0 Å². The van der Waals surface area contributed by atoms with Gasteiger partial charge in [-0.1, -0.05) is 48.5 Å². The number of ether oxygens (including phenoxy) is 1. The molecule has 0 aromatic heterocycles. The molecule has 1 saturated heterocycles. The van der Waals surface area contributed by atoms with Crippen molar-refractivity contribution in [2.24, 2.45) is 17.8 Å². The molecule has 2 fully saturated rings. The molecule has 1 saturated carbocycles. The average molecular weight is 377 g/mol. The van der Waals surface area contributed by atoms with Gasteiger partial charge in [-0.05, 0) is 46.9 Å². The van der Waals surface area contributed by atoms with Gasteiger partial charge in [-0.2, -0.15) is 0 Å². The van der Waals surface area contributed by atoms with Crippen LogP contribution in [0, 0.1) is 17.8 Å². The largest absolute Gasteiger partial charge is 0.481 e. The minimum Gasteiger partial charge on any atom is -0.481 e. The molecule has 0 bridgehead atoms. The molecule has 1 amide bonds. The van der Waals surface area contributed by atoms with Crippen LogP contribution in [0.5, 0.6) is 0 Å². The summed E-state index contributed by atoms with van der Waals surface area (Å²) >= 11 is 0. The van der Waals surface area contributed by atoms with Crippen LogP contribution in [-0.4, -0.2) is 41.8 Å². The van der Waals surface area contributed by atoms with Gasteiger partial charge in [0.15, 0.2) is 0 Å². The lowest BCUT2D eigenvalue weighted by Crippen LogP contribution is -2.55. The van der Waals surface area contributed by atoms with E-state index in [0.29, 0.717) is 31.5 Å². The highest BCUT2D eigenvalue weighted by atomic mass is 16.6. The van der Waals surface area contributed by atoms with Crippen molar-refractivity contribution in [2.45, 2.75) is 18.8 Å².